The molecule has 9 heteroatoms. The maximum absolute atomic E-state index is 13.0. The Balaban J connectivity index is 1.55. The second-order valence-electron chi connectivity index (χ2n) is 8.60. The highest BCUT2D eigenvalue weighted by atomic mass is 16.5. The number of ether oxygens (including phenoxy) is 1. The number of hydrogen-bond donors (Lipinski definition) is 1. The van der Waals surface area contributed by atoms with Gasteiger partial charge in [-0.1, -0.05) is 6.07 Å². The number of methoxy groups -OCH3 is 1. The molecule has 3 heterocycles. The van der Waals surface area contributed by atoms with Gasteiger partial charge < -0.3 is 29.7 Å². The zero-order valence-corrected chi connectivity index (χ0v) is 19.7. The molecule has 1 fully saturated rings. The van der Waals surface area contributed by atoms with Crippen LogP contribution in [0.3, 0.4) is 0 Å². The molecule has 2 amide bonds. The van der Waals surface area contributed by atoms with Gasteiger partial charge in [-0.05, 0) is 44.3 Å². The van der Waals surface area contributed by atoms with E-state index in [4.69, 9.17) is 9.72 Å². The van der Waals surface area contributed by atoms with E-state index in [2.05, 4.69) is 17.3 Å². The fourth-order valence-electron chi connectivity index (χ4n) is 4.26. The summed E-state index contributed by atoms with van der Waals surface area (Å²) >= 11 is 0. The molecule has 2 aromatic rings. The van der Waals surface area contributed by atoms with Crippen molar-refractivity contribution in [3.63, 3.8) is 0 Å². The van der Waals surface area contributed by atoms with E-state index >= 15 is 0 Å². The van der Waals surface area contributed by atoms with Gasteiger partial charge in [0.2, 0.25) is 5.91 Å². The lowest BCUT2D eigenvalue weighted by molar-refractivity contribution is -0.119. The highest BCUT2D eigenvalue weighted by Crippen LogP contribution is 2.35. The summed E-state index contributed by atoms with van der Waals surface area (Å²) in [5.41, 5.74) is 2.21. The van der Waals surface area contributed by atoms with E-state index in [0.717, 1.165) is 43.4 Å². The van der Waals surface area contributed by atoms with E-state index < -0.39 is 0 Å². The van der Waals surface area contributed by atoms with Crippen molar-refractivity contribution in [1.82, 2.24) is 14.8 Å². The van der Waals surface area contributed by atoms with Crippen molar-refractivity contribution < 1.29 is 14.3 Å². The van der Waals surface area contributed by atoms with Crippen LogP contribution >= 0.6 is 0 Å². The van der Waals surface area contributed by atoms with Gasteiger partial charge >= 0.3 is 0 Å². The Morgan fingerprint density at radius 1 is 1.15 bits per heavy atom. The summed E-state index contributed by atoms with van der Waals surface area (Å²) in [6.45, 7) is 6.19. The minimum Gasteiger partial charge on any atom is -0.383 e. The molecule has 1 unspecified atom stereocenters. The summed E-state index contributed by atoms with van der Waals surface area (Å²) in [6, 6.07) is 10.9. The predicted molar refractivity (Wildman–Crippen MR) is 129 cm³/mol. The number of anilines is 4. The smallest absolute Gasteiger partial charge is 0.254 e. The van der Waals surface area contributed by atoms with Crippen molar-refractivity contribution in [2.75, 3.05) is 75.7 Å². The number of hydrogen-bond acceptors (Lipinski definition) is 7. The van der Waals surface area contributed by atoms with Gasteiger partial charge in [-0.15, -0.1) is 0 Å². The van der Waals surface area contributed by atoms with Gasteiger partial charge in [0.05, 0.1) is 12.3 Å². The second-order valence-corrected chi connectivity index (χ2v) is 8.60. The first-order chi connectivity index (χ1) is 15.9. The Hall–Kier alpha value is -3.17. The minimum absolute atomic E-state index is 0.0243. The molecule has 0 aliphatic carbocycles. The summed E-state index contributed by atoms with van der Waals surface area (Å²) in [6.07, 6.45) is 0. The summed E-state index contributed by atoms with van der Waals surface area (Å²) in [5, 5.41) is 3.33. The normalized spacial score (nSPS) is 19.0. The lowest BCUT2D eigenvalue weighted by Crippen LogP contribution is -2.52. The zero-order valence-electron chi connectivity index (χ0n) is 19.7. The number of carbonyl (C=O) groups is 2. The van der Waals surface area contributed by atoms with Crippen LogP contribution in [0.1, 0.15) is 17.3 Å². The summed E-state index contributed by atoms with van der Waals surface area (Å²) in [5.74, 6) is 1.45. The van der Waals surface area contributed by atoms with E-state index in [1.165, 1.54) is 0 Å². The number of benzene rings is 1. The van der Waals surface area contributed by atoms with E-state index in [9.17, 15) is 9.59 Å². The van der Waals surface area contributed by atoms with Crippen LogP contribution in [-0.2, 0) is 9.53 Å². The molecule has 0 spiro atoms. The lowest BCUT2D eigenvalue weighted by atomic mass is 10.1. The lowest BCUT2D eigenvalue weighted by Gasteiger charge is -2.39. The number of pyridine rings is 1. The van der Waals surface area contributed by atoms with Crippen molar-refractivity contribution in [3.8, 4) is 0 Å². The van der Waals surface area contributed by atoms with Crippen molar-refractivity contribution in [1.29, 1.82) is 0 Å². The third kappa shape index (κ3) is 4.79. The maximum atomic E-state index is 13.0. The molecule has 2 aliphatic heterocycles. The van der Waals surface area contributed by atoms with Gasteiger partial charge in [0, 0.05) is 58.1 Å². The average molecular weight is 453 g/mol. The molecular weight excluding hydrogens is 420 g/mol. The summed E-state index contributed by atoms with van der Waals surface area (Å²) in [4.78, 5) is 38.2. The molecule has 1 N–H and O–H groups in total. The number of carbonyl (C=O) groups excluding carboxylic acids is 2. The molecule has 4 rings (SSSR count). The molecule has 1 aromatic heterocycles. The molecule has 0 saturated carbocycles. The van der Waals surface area contributed by atoms with Gasteiger partial charge in [-0.25, -0.2) is 4.98 Å². The van der Waals surface area contributed by atoms with E-state index in [0.29, 0.717) is 24.5 Å². The Labute approximate surface area is 194 Å². The highest BCUT2D eigenvalue weighted by molar-refractivity contribution is 6.04. The van der Waals surface area contributed by atoms with Crippen LogP contribution in [0.15, 0.2) is 36.4 Å². The van der Waals surface area contributed by atoms with Gasteiger partial charge in [-0.2, -0.15) is 0 Å². The molecule has 2 aliphatic rings. The number of aromatic nitrogens is 1. The van der Waals surface area contributed by atoms with Crippen LogP contribution in [0, 0.1) is 0 Å². The minimum atomic E-state index is -0.329. The Morgan fingerprint density at radius 3 is 2.64 bits per heavy atom. The Morgan fingerprint density at radius 2 is 1.91 bits per heavy atom. The number of nitrogens with zero attached hydrogens (tertiary/aromatic N) is 5. The van der Waals surface area contributed by atoms with Crippen LogP contribution in [0.2, 0.25) is 0 Å². The first-order valence-electron chi connectivity index (χ1n) is 11.3. The van der Waals surface area contributed by atoms with Crippen LogP contribution in [0.4, 0.5) is 23.0 Å². The fourth-order valence-corrected chi connectivity index (χ4v) is 4.26. The third-order valence-corrected chi connectivity index (χ3v) is 6.35. The van der Waals surface area contributed by atoms with Crippen LogP contribution in [0.5, 0.6) is 0 Å². The van der Waals surface area contributed by atoms with Gasteiger partial charge in [0.15, 0.2) is 5.82 Å². The summed E-state index contributed by atoms with van der Waals surface area (Å²) < 4.78 is 5.24. The largest absolute Gasteiger partial charge is 0.383 e. The molecule has 0 radical (unpaired) electrons. The van der Waals surface area contributed by atoms with Crippen molar-refractivity contribution in [2.45, 2.75) is 13.0 Å². The molecule has 9 nitrogen and oxygen atoms in total. The predicted octanol–water partition coefficient (Wildman–Crippen LogP) is 2.03. The third-order valence-electron chi connectivity index (χ3n) is 6.35. The second kappa shape index (κ2) is 9.76. The number of nitrogens with one attached hydrogen (secondary N) is 1. The standard InChI is InChI=1S/C24H32N6O3/c1-17-23(31)28(3)20-8-9-21(26-22(20)30(17)14-15-33-4)25-19-7-5-6-18(16-19)24(32)29-12-10-27(2)11-13-29/h5-9,16-17H,10-15H2,1-4H3,(H,25,26). The topological polar surface area (TPSA) is 81.2 Å². The van der Waals surface area contributed by atoms with E-state index in [-0.39, 0.29) is 17.9 Å². The number of piperazine rings is 1. The number of amides is 2. The van der Waals surface area contributed by atoms with Crippen LogP contribution < -0.4 is 15.1 Å². The summed E-state index contributed by atoms with van der Waals surface area (Å²) in [7, 11) is 5.49. The zero-order chi connectivity index (χ0) is 23.5. The van der Waals surface area contributed by atoms with Crippen molar-refractivity contribution in [2.24, 2.45) is 0 Å². The number of rotatable bonds is 6. The average Bonchev–Trinajstić information content (AvgIpc) is 2.83. The monoisotopic (exact) mass is 452 g/mol. The van der Waals surface area contributed by atoms with Crippen LogP contribution in [0.25, 0.3) is 0 Å². The molecule has 33 heavy (non-hydrogen) atoms. The van der Waals surface area contributed by atoms with E-state index in [1.54, 1.807) is 19.1 Å². The highest BCUT2D eigenvalue weighted by Gasteiger charge is 2.34. The number of fused-ring (bicyclic) bond motifs is 1. The Kier molecular flexibility index (Phi) is 6.80. The molecule has 0 bridgehead atoms. The SMILES string of the molecule is COCCN1c2nc(Nc3cccc(C(=O)N4CCN(C)CC4)c3)ccc2N(C)C(=O)C1C. The van der Waals surface area contributed by atoms with Crippen molar-refractivity contribution in [3.05, 3.63) is 42.0 Å². The molecular formula is C24H32N6O3. The van der Waals surface area contributed by atoms with Crippen molar-refractivity contribution >= 4 is 34.8 Å². The molecule has 1 atom stereocenters. The van der Waals surface area contributed by atoms with Gasteiger partial charge in [0.25, 0.3) is 5.91 Å². The molecule has 1 aromatic carbocycles. The molecule has 176 valence electrons. The van der Waals surface area contributed by atoms with Gasteiger partial charge in [0.1, 0.15) is 11.9 Å². The van der Waals surface area contributed by atoms with Crippen LogP contribution in [-0.4, -0.2) is 93.2 Å². The first-order valence-corrected chi connectivity index (χ1v) is 11.3. The first kappa shape index (κ1) is 23.0. The molecule has 1 saturated heterocycles. The number of likely N-dealkylation sites (N-methyl/N-ethyl adjacent to an activating group) is 2. The van der Waals surface area contributed by atoms with Gasteiger partial charge in [-0.3, -0.25) is 9.59 Å². The maximum Gasteiger partial charge on any atom is 0.254 e. The quantitative estimate of drug-likeness (QED) is 0.718. The fraction of sp³-hybridized carbons (Fsp3) is 0.458. The van der Waals surface area contributed by atoms with E-state index in [1.807, 2.05) is 53.1 Å². The Bertz CT molecular complexity index is 1020.